The molecule has 1 aliphatic rings. The van der Waals surface area contributed by atoms with Gasteiger partial charge in [0, 0.05) is 16.0 Å². The number of benzene rings is 2. The zero-order valence-electron chi connectivity index (χ0n) is 19.0. The van der Waals surface area contributed by atoms with Gasteiger partial charge in [0.2, 0.25) is 0 Å². The maximum Gasteiger partial charge on any atom is 0.279 e. The zero-order valence-corrected chi connectivity index (χ0v) is 16.0. The summed E-state index contributed by atoms with van der Waals surface area (Å²) in [5.74, 6) is -1.23. The number of rotatable bonds is 6. The second-order valence-corrected chi connectivity index (χ2v) is 7.24. The van der Waals surface area contributed by atoms with Crippen LogP contribution in [0.2, 0.25) is 0 Å². The molecule has 1 heterocycles. The number of fused-ring (bicyclic) bond motifs is 1. The molecule has 3 aromatic rings. The summed E-state index contributed by atoms with van der Waals surface area (Å²) in [6, 6.07) is 13.0. The van der Waals surface area contributed by atoms with Crippen molar-refractivity contribution in [2.24, 2.45) is 5.92 Å². The Bertz CT molecular complexity index is 1220. The number of hydrogen-bond acceptors (Lipinski definition) is 3. The first-order valence-corrected chi connectivity index (χ1v) is 9.71. The fraction of sp³-hybridized carbons (Fsp3) is 0.304. The number of hydrogen-bond donors (Lipinski definition) is 2. The van der Waals surface area contributed by atoms with Gasteiger partial charge in [0.1, 0.15) is 5.82 Å². The monoisotopic (exact) mass is 396 g/mol. The van der Waals surface area contributed by atoms with Crippen LogP contribution < -0.4 is 16.3 Å². The molecule has 2 N–H and O–H groups in total. The van der Waals surface area contributed by atoms with Crippen molar-refractivity contribution in [2.75, 3.05) is 12.0 Å². The van der Waals surface area contributed by atoms with Crippen LogP contribution in [0.3, 0.4) is 0 Å². The van der Waals surface area contributed by atoms with Gasteiger partial charge in [0.15, 0.2) is 0 Å². The number of carbonyl (C=O) groups excluding carboxylic acids is 1. The molecule has 1 atom stereocenters. The number of carbonyl (C=O) groups is 1. The van der Waals surface area contributed by atoms with E-state index in [9.17, 15) is 14.0 Å². The van der Waals surface area contributed by atoms with Crippen molar-refractivity contribution in [2.45, 2.75) is 32.7 Å². The largest absolute Gasteiger partial charge is 0.345 e. The van der Waals surface area contributed by atoms with E-state index in [2.05, 4.69) is 10.7 Å². The molecule has 1 saturated carbocycles. The van der Waals surface area contributed by atoms with Gasteiger partial charge in [-0.25, -0.2) is 9.07 Å². The Labute approximate surface area is 172 Å². The first kappa shape index (κ1) is 15.7. The Kier molecular flexibility index (Phi) is 4.18. The standard InChI is InChI=1S/C23H24FN3O2/c1-3-25-27-14(2)19(17-10-7-11-18(24)20(17)23(27)29)22(28)26-21(16-12-13-16)15-8-5-4-6-9-15/h4-11,16,21,25H,3,12-13H2,1-2H3,(H,26,28)/t21-/m1/s1/i2D3. The average molecular weight is 396 g/mol. The SMILES string of the molecule is [2H]C([2H])([2H])c1c(C(=O)N[C@H](c2ccccc2)C2CC2)c2cccc(F)c2c(=O)n1NCC. The van der Waals surface area contributed by atoms with Crippen molar-refractivity contribution in [1.29, 1.82) is 0 Å². The molecule has 4 rings (SSSR count). The fourth-order valence-corrected chi connectivity index (χ4v) is 3.72. The Morgan fingerprint density at radius 2 is 2.00 bits per heavy atom. The van der Waals surface area contributed by atoms with Crippen LogP contribution in [0.1, 0.15) is 51.5 Å². The van der Waals surface area contributed by atoms with Gasteiger partial charge in [0.05, 0.1) is 22.7 Å². The highest BCUT2D eigenvalue weighted by Crippen LogP contribution is 2.41. The number of nitrogens with one attached hydrogen (secondary N) is 2. The minimum absolute atomic E-state index is 0.0182. The molecule has 1 aromatic heterocycles. The van der Waals surface area contributed by atoms with Crippen molar-refractivity contribution < 1.29 is 13.3 Å². The lowest BCUT2D eigenvalue weighted by Crippen LogP contribution is -2.36. The molecule has 1 fully saturated rings. The lowest BCUT2D eigenvalue weighted by Gasteiger charge is -2.22. The fourth-order valence-electron chi connectivity index (χ4n) is 3.72. The van der Waals surface area contributed by atoms with E-state index in [0.717, 1.165) is 29.1 Å². The molecule has 1 aliphatic carbocycles. The van der Waals surface area contributed by atoms with Crippen molar-refractivity contribution in [3.63, 3.8) is 0 Å². The number of nitrogens with zero attached hydrogens (tertiary/aromatic N) is 1. The van der Waals surface area contributed by atoms with Crippen LogP contribution in [-0.4, -0.2) is 17.1 Å². The third kappa shape index (κ3) is 3.50. The van der Waals surface area contributed by atoms with Gasteiger partial charge in [-0.3, -0.25) is 9.59 Å². The summed E-state index contributed by atoms with van der Waals surface area (Å²) in [7, 11) is 0. The van der Waals surface area contributed by atoms with Gasteiger partial charge in [-0.2, -0.15) is 0 Å². The van der Waals surface area contributed by atoms with Crippen LogP contribution in [0.15, 0.2) is 53.3 Å². The summed E-state index contributed by atoms with van der Waals surface area (Å²) >= 11 is 0. The minimum Gasteiger partial charge on any atom is -0.345 e. The van der Waals surface area contributed by atoms with E-state index in [-0.39, 0.29) is 34.8 Å². The van der Waals surface area contributed by atoms with Crippen LogP contribution in [0.25, 0.3) is 10.8 Å². The van der Waals surface area contributed by atoms with E-state index in [1.165, 1.54) is 12.1 Å². The molecule has 0 bridgehead atoms. The number of halogens is 1. The predicted molar refractivity (Wildman–Crippen MR) is 112 cm³/mol. The molecule has 29 heavy (non-hydrogen) atoms. The highest BCUT2D eigenvalue weighted by atomic mass is 19.1. The minimum atomic E-state index is -2.80. The van der Waals surface area contributed by atoms with Gasteiger partial charge in [-0.1, -0.05) is 42.5 Å². The Hall–Kier alpha value is -3.15. The molecule has 0 radical (unpaired) electrons. The van der Waals surface area contributed by atoms with Gasteiger partial charge in [-0.15, -0.1) is 0 Å². The number of aromatic nitrogens is 1. The second kappa shape index (κ2) is 7.70. The van der Waals surface area contributed by atoms with E-state index >= 15 is 0 Å². The lowest BCUT2D eigenvalue weighted by atomic mass is 9.99. The number of pyridine rings is 1. The molecular formula is C23H24FN3O2. The summed E-state index contributed by atoms with van der Waals surface area (Å²) in [4.78, 5) is 26.6. The maximum atomic E-state index is 14.7. The summed E-state index contributed by atoms with van der Waals surface area (Å²) in [5, 5.41) is 2.63. The first-order chi connectivity index (χ1) is 15.2. The van der Waals surface area contributed by atoms with Gasteiger partial charge in [0.25, 0.3) is 11.5 Å². The quantitative estimate of drug-likeness (QED) is 0.664. The zero-order chi connectivity index (χ0) is 23.0. The van der Waals surface area contributed by atoms with E-state index in [0.29, 0.717) is 0 Å². The topological polar surface area (TPSA) is 63.1 Å². The second-order valence-electron chi connectivity index (χ2n) is 7.24. The lowest BCUT2D eigenvalue weighted by molar-refractivity contribution is 0.0932. The summed E-state index contributed by atoms with van der Waals surface area (Å²) < 4.78 is 39.7. The van der Waals surface area contributed by atoms with Crippen LogP contribution in [0.5, 0.6) is 0 Å². The third-order valence-electron chi connectivity index (χ3n) is 5.24. The van der Waals surface area contributed by atoms with Gasteiger partial charge in [-0.05, 0) is 44.2 Å². The summed E-state index contributed by atoms with van der Waals surface area (Å²) in [5.41, 5.74) is 2.07. The first-order valence-electron chi connectivity index (χ1n) is 11.2. The normalized spacial score (nSPS) is 16.6. The van der Waals surface area contributed by atoms with Crippen molar-refractivity contribution in [1.82, 2.24) is 9.99 Å². The van der Waals surface area contributed by atoms with E-state index in [1.54, 1.807) is 6.92 Å². The van der Waals surface area contributed by atoms with Crippen molar-refractivity contribution in [3.8, 4) is 0 Å². The molecule has 2 aromatic carbocycles. The molecule has 5 nitrogen and oxygen atoms in total. The molecule has 0 saturated heterocycles. The van der Waals surface area contributed by atoms with Crippen LogP contribution in [0, 0.1) is 18.6 Å². The molecule has 6 heteroatoms. The molecule has 1 amide bonds. The Morgan fingerprint density at radius 1 is 1.24 bits per heavy atom. The van der Waals surface area contributed by atoms with Crippen LogP contribution in [0.4, 0.5) is 4.39 Å². The van der Waals surface area contributed by atoms with E-state index in [1.807, 2.05) is 30.3 Å². The predicted octanol–water partition coefficient (Wildman–Crippen LogP) is 3.89. The smallest absolute Gasteiger partial charge is 0.279 e. The van der Waals surface area contributed by atoms with E-state index < -0.39 is 29.8 Å². The number of amides is 1. The Balaban J connectivity index is 1.94. The van der Waals surface area contributed by atoms with E-state index in [4.69, 9.17) is 4.11 Å². The average Bonchev–Trinajstić information content (AvgIpc) is 3.58. The Morgan fingerprint density at radius 3 is 2.66 bits per heavy atom. The molecule has 0 spiro atoms. The van der Waals surface area contributed by atoms with Crippen LogP contribution in [-0.2, 0) is 0 Å². The molecule has 0 aliphatic heterocycles. The molecule has 150 valence electrons. The van der Waals surface area contributed by atoms with Crippen LogP contribution >= 0.6 is 0 Å². The highest BCUT2D eigenvalue weighted by Gasteiger charge is 2.34. The maximum absolute atomic E-state index is 14.7. The summed E-state index contributed by atoms with van der Waals surface area (Å²) in [6.45, 7) is -0.908. The van der Waals surface area contributed by atoms with Gasteiger partial charge < -0.3 is 10.7 Å². The van der Waals surface area contributed by atoms with Gasteiger partial charge >= 0.3 is 0 Å². The summed E-state index contributed by atoms with van der Waals surface area (Å²) in [6.07, 6.45) is 1.89. The highest BCUT2D eigenvalue weighted by molar-refractivity contribution is 6.08. The molecular weight excluding hydrogens is 369 g/mol. The molecule has 0 unspecified atom stereocenters. The van der Waals surface area contributed by atoms with Crippen molar-refractivity contribution in [3.05, 3.63) is 81.5 Å². The van der Waals surface area contributed by atoms with Crippen molar-refractivity contribution >= 4 is 16.7 Å². The third-order valence-corrected chi connectivity index (χ3v) is 5.24.